The van der Waals surface area contributed by atoms with E-state index in [2.05, 4.69) is 5.92 Å². The molecule has 0 saturated carbocycles. The molecule has 0 fully saturated rings. The van der Waals surface area contributed by atoms with E-state index in [0.29, 0.717) is 13.0 Å². The molecular weight excluding hydrogens is 98.1 g/mol. The molecule has 0 rings (SSSR count). The molecular formula is C7H11N. The second-order valence-electron chi connectivity index (χ2n) is 1.66. The van der Waals surface area contributed by atoms with Gasteiger partial charge < -0.3 is 5.73 Å². The summed E-state index contributed by atoms with van der Waals surface area (Å²) in [6.45, 7) is 2.58. The Bertz CT molecular complexity index is 117. The SMILES string of the molecule is C#CCC=C(C)CN. The fourth-order valence-electron chi connectivity index (χ4n) is 0.316. The predicted octanol–water partition coefficient (Wildman–Crippen LogP) is 0.915. The molecule has 44 valence electrons. The quantitative estimate of drug-likeness (QED) is 0.414. The second-order valence-corrected chi connectivity index (χ2v) is 1.66. The van der Waals surface area contributed by atoms with Gasteiger partial charge in [0.15, 0.2) is 0 Å². The van der Waals surface area contributed by atoms with Gasteiger partial charge in [0.25, 0.3) is 0 Å². The van der Waals surface area contributed by atoms with Gasteiger partial charge in [0, 0.05) is 13.0 Å². The molecule has 0 spiro atoms. The Labute approximate surface area is 50.6 Å². The lowest BCUT2D eigenvalue weighted by atomic mass is 10.2. The van der Waals surface area contributed by atoms with Crippen LogP contribution in [0.2, 0.25) is 0 Å². The third kappa shape index (κ3) is 3.45. The first-order valence-electron chi connectivity index (χ1n) is 2.60. The van der Waals surface area contributed by atoms with E-state index in [0.717, 1.165) is 5.57 Å². The summed E-state index contributed by atoms with van der Waals surface area (Å²) in [5, 5.41) is 0. The predicted molar refractivity (Wildman–Crippen MR) is 36.3 cm³/mol. The Morgan fingerprint density at radius 2 is 2.50 bits per heavy atom. The normalized spacial score (nSPS) is 10.9. The topological polar surface area (TPSA) is 26.0 Å². The van der Waals surface area contributed by atoms with Gasteiger partial charge in [0.05, 0.1) is 0 Å². The number of hydrogen-bond donors (Lipinski definition) is 1. The molecule has 1 heteroatoms. The van der Waals surface area contributed by atoms with Crippen LogP contribution in [-0.2, 0) is 0 Å². The monoisotopic (exact) mass is 109 g/mol. The average molecular weight is 109 g/mol. The van der Waals surface area contributed by atoms with E-state index in [1.54, 1.807) is 0 Å². The van der Waals surface area contributed by atoms with Crippen molar-refractivity contribution in [2.45, 2.75) is 13.3 Å². The van der Waals surface area contributed by atoms with E-state index in [9.17, 15) is 0 Å². The van der Waals surface area contributed by atoms with Crippen LogP contribution < -0.4 is 5.73 Å². The number of rotatable bonds is 2. The summed E-state index contributed by atoms with van der Waals surface area (Å²) in [7, 11) is 0. The minimum Gasteiger partial charge on any atom is -0.327 e. The highest BCUT2D eigenvalue weighted by Crippen LogP contribution is 1.89. The van der Waals surface area contributed by atoms with Gasteiger partial charge in [-0.15, -0.1) is 12.3 Å². The summed E-state index contributed by atoms with van der Waals surface area (Å²) in [6, 6.07) is 0. The maximum Gasteiger partial charge on any atom is 0.0270 e. The summed E-state index contributed by atoms with van der Waals surface area (Å²) in [5.41, 5.74) is 6.43. The van der Waals surface area contributed by atoms with Crippen LogP contribution in [0.4, 0.5) is 0 Å². The number of allylic oxidation sites excluding steroid dienone is 1. The number of terminal acetylenes is 1. The first kappa shape index (κ1) is 7.26. The summed E-state index contributed by atoms with van der Waals surface area (Å²) < 4.78 is 0. The molecule has 0 unspecified atom stereocenters. The van der Waals surface area contributed by atoms with Crippen molar-refractivity contribution in [1.29, 1.82) is 0 Å². The molecule has 0 atom stereocenters. The van der Waals surface area contributed by atoms with Crippen molar-refractivity contribution in [3.8, 4) is 12.3 Å². The van der Waals surface area contributed by atoms with E-state index >= 15 is 0 Å². The van der Waals surface area contributed by atoms with Crippen molar-refractivity contribution in [2.24, 2.45) is 5.73 Å². The molecule has 1 nitrogen and oxygen atoms in total. The molecule has 0 aromatic heterocycles. The van der Waals surface area contributed by atoms with E-state index < -0.39 is 0 Å². The molecule has 0 radical (unpaired) electrons. The fourth-order valence-corrected chi connectivity index (χ4v) is 0.316. The highest BCUT2D eigenvalue weighted by Gasteiger charge is 1.78. The molecule has 0 aromatic rings. The van der Waals surface area contributed by atoms with Gasteiger partial charge in [-0.3, -0.25) is 0 Å². The molecule has 0 aliphatic rings. The van der Waals surface area contributed by atoms with Crippen molar-refractivity contribution >= 4 is 0 Å². The minimum absolute atomic E-state index is 0.613. The number of hydrogen-bond acceptors (Lipinski definition) is 1. The van der Waals surface area contributed by atoms with Crippen LogP contribution in [-0.4, -0.2) is 6.54 Å². The summed E-state index contributed by atoms with van der Waals surface area (Å²) in [5.74, 6) is 2.50. The van der Waals surface area contributed by atoms with Crippen molar-refractivity contribution in [1.82, 2.24) is 0 Å². The molecule has 0 aromatic carbocycles. The smallest absolute Gasteiger partial charge is 0.0270 e. The maximum atomic E-state index is 5.28. The van der Waals surface area contributed by atoms with Crippen LogP contribution in [0.15, 0.2) is 11.6 Å². The molecule has 0 heterocycles. The van der Waals surface area contributed by atoms with Crippen LogP contribution in [0.25, 0.3) is 0 Å². The maximum absolute atomic E-state index is 5.28. The Hall–Kier alpha value is -0.740. The first-order valence-corrected chi connectivity index (χ1v) is 2.60. The summed E-state index contributed by atoms with van der Waals surface area (Å²) in [6.07, 6.45) is 7.65. The standard InChI is InChI=1S/C7H11N/c1-3-4-5-7(2)6-8/h1,5H,4,6,8H2,2H3. The molecule has 0 bridgehead atoms. The van der Waals surface area contributed by atoms with Crippen LogP contribution in [0.5, 0.6) is 0 Å². The molecule has 2 N–H and O–H groups in total. The first-order chi connectivity index (χ1) is 3.81. The highest BCUT2D eigenvalue weighted by molar-refractivity contribution is 5.05. The fraction of sp³-hybridized carbons (Fsp3) is 0.429. The largest absolute Gasteiger partial charge is 0.327 e. The Balaban J connectivity index is 3.45. The third-order valence-electron chi connectivity index (χ3n) is 0.890. The Morgan fingerprint density at radius 3 is 2.88 bits per heavy atom. The van der Waals surface area contributed by atoms with Crippen molar-refractivity contribution in [3.05, 3.63) is 11.6 Å². The lowest BCUT2D eigenvalue weighted by molar-refractivity contribution is 1.12. The van der Waals surface area contributed by atoms with Gasteiger partial charge in [-0.2, -0.15) is 0 Å². The Kier molecular flexibility index (Phi) is 4.01. The van der Waals surface area contributed by atoms with Crippen molar-refractivity contribution in [3.63, 3.8) is 0 Å². The van der Waals surface area contributed by atoms with E-state index in [-0.39, 0.29) is 0 Å². The van der Waals surface area contributed by atoms with Crippen LogP contribution in [0, 0.1) is 12.3 Å². The summed E-state index contributed by atoms with van der Waals surface area (Å²) in [4.78, 5) is 0. The molecule has 0 amide bonds. The van der Waals surface area contributed by atoms with Gasteiger partial charge in [-0.25, -0.2) is 0 Å². The van der Waals surface area contributed by atoms with E-state index in [1.165, 1.54) is 0 Å². The zero-order chi connectivity index (χ0) is 6.41. The van der Waals surface area contributed by atoms with Gasteiger partial charge >= 0.3 is 0 Å². The Morgan fingerprint density at radius 1 is 1.88 bits per heavy atom. The highest BCUT2D eigenvalue weighted by atomic mass is 14.5. The van der Waals surface area contributed by atoms with Gasteiger partial charge in [-0.1, -0.05) is 11.6 Å². The molecule has 0 aliphatic carbocycles. The molecule has 8 heavy (non-hydrogen) atoms. The lowest BCUT2D eigenvalue weighted by Crippen LogP contribution is -1.98. The number of nitrogens with two attached hydrogens (primary N) is 1. The zero-order valence-corrected chi connectivity index (χ0v) is 5.15. The van der Waals surface area contributed by atoms with Crippen LogP contribution in [0.1, 0.15) is 13.3 Å². The second kappa shape index (κ2) is 4.42. The third-order valence-corrected chi connectivity index (χ3v) is 0.890. The lowest BCUT2D eigenvalue weighted by Gasteiger charge is -1.88. The zero-order valence-electron chi connectivity index (χ0n) is 5.15. The van der Waals surface area contributed by atoms with Gasteiger partial charge in [0.1, 0.15) is 0 Å². The van der Waals surface area contributed by atoms with E-state index in [4.69, 9.17) is 12.2 Å². The molecule has 0 aliphatic heterocycles. The van der Waals surface area contributed by atoms with E-state index in [1.807, 2.05) is 13.0 Å². The van der Waals surface area contributed by atoms with Crippen LogP contribution >= 0.6 is 0 Å². The van der Waals surface area contributed by atoms with Crippen LogP contribution in [0.3, 0.4) is 0 Å². The van der Waals surface area contributed by atoms with Crippen molar-refractivity contribution < 1.29 is 0 Å². The van der Waals surface area contributed by atoms with Crippen molar-refractivity contribution in [2.75, 3.05) is 6.54 Å². The summed E-state index contributed by atoms with van der Waals surface area (Å²) >= 11 is 0. The average Bonchev–Trinajstić information content (AvgIpc) is 1.83. The van der Waals surface area contributed by atoms with Gasteiger partial charge in [-0.05, 0) is 6.92 Å². The molecule has 0 saturated heterocycles. The minimum atomic E-state index is 0.613. The van der Waals surface area contributed by atoms with Gasteiger partial charge in [0.2, 0.25) is 0 Å².